The smallest absolute Gasteiger partial charge is 0.331 e. The van der Waals surface area contributed by atoms with E-state index in [1.165, 1.54) is 31.3 Å². The van der Waals surface area contributed by atoms with Crippen LogP contribution in [0.1, 0.15) is 17.2 Å². The topological polar surface area (TPSA) is 128 Å². The van der Waals surface area contributed by atoms with Crippen molar-refractivity contribution >= 4 is 29.7 Å². The third-order valence-corrected chi connectivity index (χ3v) is 3.53. The summed E-state index contributed by atoms with van der Waals surface area (Å²) in [7, 11) is 1.34. The predicted molar refractivity (Wildman–Crippen MR) is 100 cm³/mol. The van der Waals surface area contributed by atoms with Gasteiger partial charge in [-0.25, -0.2) is 9.59 Å². The van der Waals surface area contributed by atoms with Gasteiger partial charge in [0, 0.05) is 30.8 Å². The molecular formula is C19H17N3O6. The highest BCUT2D eigenvalue weighted by molar-refractivity contribution is 5.98. The van der Waals surface area contributed by atoms with Gasteiger partial charge in [-0.15, -0.1) is 0 Å². The third kappa shape index (κ3) is 5.77. The Bertz CT molecular complexity index is 911. The highest BCUT2D eigenvalue weighted by Crippen LogP contribution is 2.19. The Kier molecular flexibility index (Phi) is 6.98. The van der Waals surface area contributed by atoms with Crippen LogP contribution in [0.4, 0.5) is 10.5 Å². The number of amides is 3. The number of benzene rings is 2. The monoisotopic (exact) mass is 383 g/mol. The van der Waals surface area contributed by atoms with Gasteiger partial charge in [-0.2, -0.15) is 0 Å². The molecule has 144 valence electrons. The van der Waals surface area contributed by atoms with Crippen molar-refractivity contribution in [3.63, 3.8) is 0 Å². The SMILES string of the molecule is CNC(=O)NC(=O)[C@H](OC(=O)/C=C/c1cccc([N+](=O)[O-])c1)c1ccccc1. The van der Waals surface area contributed by atoms with Crippen molar-refractivity contribution in [2.75, 3.05) is 7.05 Å². The van der Waals surface area contributed by atoms with Gasteiger partial charge in [0.1, 0.15) is 0 Å². The lowest BCUT2D eigenvalue weighted by atomic mass is 10.1. The summed E-state index contributed by atoms with van der Waals surface area (Å²) in [5.41, 5.74) is 0.667. The maximum atomic E-state index is 12.3. The van der Waals surface area contributed by atoms with Crippen LogP contribution >= 0.6 is 0 Å². The molecule has 0 aliphatic rings. The van der Waals surface area contributed by atoms with Crippen LogP contribution < -0.4 is 10.6 Å². The lowest BCUT2D eigenvalue weighted by Crippen LogP contribution is -2.41. The molecule has 0 heterocycles. The third-order valence-electron chi connectivity index (χ3n) is 3.53. The van der Waals surface area contributed by atoms with Crippen molar-refractivity contribution in [2.24, 2.45) is 0 Å². The molecule has 0 unspecified atom stereocenters. The highest BCUT2D eigenvalue weighted by atomic mass is 16.6. The summed E-state index contributed by atoms with van der Waals surface area (Å²) < 4.78 is 5.19. The molecule has 9 heteroatoms. The zero-order chi connectivity index (χ0) is 20.5. The number of carbonyl (C=O) groups is 3. The number of esters is 1. The fourth-order valence-electron chi connectivity index (χ4n) is 2.20. The molecular weight excluding hydrogens is 366 g/mol. The summed E-state index contributed by atoms with van der Waals surface area (Å²) in [6.07, 6.45) is 1.02. The van der Waals surface area contributed by atoms with Crippen LogP contribution in [-0.4, -0.2) is 29.9 Å². The molecule has 1 atom stereocenters. The summed E-state index contributed by atoms with van der Waals surface area (Å²) in [5.74, 6) is -1.67. The number of nitrogens with one attached hydrogen (secondary N) is 2. The lowest BCUT2D eigenvalue weighted by Gasteiger charge is -2.16. The van der Waals surface area contributed by atoms with Crippen LogP contribution in [0.25, 0.3) is 6.08 Å². The average Bonchev–Trinajstić information content (AvgIpc) is 2.71. The first kappa shape index (κ1) is 20.3. The molecule has 0 bridgehead atoms. The van der Waals surface area contributed by atoms with E-state index in [2.05, 4.69) is 10.6 Å². The first-order chi connectivity index (χ1) is 13.4. The van der Waals surface area contributed by atoms with E-state index in [0.29, 0.717) is 11.1 Å². The van der Waals surface area contributed by atoms with E-state index >= 15 is 0 Å². The minimum Gasteiger partial charge on any atom is -0.444 e. The maximum absolute atomic E-state index is 12.3. The number of carbonyl (C=O) groups excluding carboxylic acids is 3. The Morgan fingerprint density at radius 1 is 1.11 bits per heavy atom. The van der Waals surface area contributed by atoms with Gasteiger partial charge in [0.2, 0.25) is 6.10 Å². The Morgan fingerprint density at radius 3 is 2.46 bits per heavy atom. The molecule has 0 aliphatic heterocycles. The molecule has 0 spiro atoms. The van der Waals surface area contributed by atoms with Gasteiger partial charge in [0.25, 0.3) is 11.6 Å². The Balaban J connectivity index is 2.15. The predicted octanol–water partition coefficient (Wildman–Crippen LogP) is 2.35. The molecule has 0 fully saturated rings. The fraction of sp³-hybridized carbons (Fsp3) is 0.105. The molecule has 3 amide bonds. The summed E-state index contributed by atoms with van der Waals surface area (Å²) in [5, 5.41) is 15.1. The number of hydrogen-bond donors (Lipinski definition) is 2. The van der Waals surface area contributed by atoms with Crippen molar-refractivity contribution in [1.29, 1.82) is 0 Å². The van der Waals surface area contributed by atoms with E-state index in [-0.39, 0.29) is 5.69 Å². The first-order valence-corrected chi connectivity index (χ1v) is 8.11. The van der Waals surface area contributed by atoms with Crippen LogP contribution in [0.3, 0.4) is 0 Å². The molecule has 0 aromatic heterocycles. The molecule has 0 radical (unpaired) electrons. The quantitative estimate of drug-likeness (QED) is 0.341. The van der Waals surface area contributed by atoms with E-state index in [1.54, 1.807) is 36.4 Å². The van der Waals surface area contributed by atoms with Crippen LogP contribution in [0.15, 0.2) is 60.7 Å². The van der Waals surface area contributed by atoms with E-state index in [1.807, 2.05) is 0 Å². The van der Waals surface area contributed by atoms with Gasteiger partial charge >= 0.3 is 12.0 Å². The number of imide groups is 1. The molecule has 2 aromatic carbocycles. The number of hydrogen-bond acceptors (Lipinski definition) is 6. The van der Waals surface area contributed by atoms with Crippen molar-refractivity contribution in [1.82, 2.24) is 10.6 Å². The van der Waals surface area contributed by atoms with E-state index in [9.17, 15) is 24.5 Å². The zero-order valence-corrected chi connectivity index (χ0v) is 14.8. The lowest BCUT2D eigenvalue weighted by molar-refractivity contribution is -0.384. The van der Waals surface area contributed by atoms with Crippen LogP contribution in [0.5, 0.6) is 0 Å². The van der Waals surface area contributed by atoms with Crippen molar-refractivity contribution in [2.45, 2.75) is 6.10 Å². The standard InChI is InChI=1S/C19H17N3O6/c1-20-19(25)21-18(24)17(14-7-3-2-4-8-14)28-16(23)11-10-13-6-5-9-15(12-13)22(26)27/h2-12,17H,1H3,(H2,20,21,24,25)/b11-10+/t17-/m1/s1. The van der Waals surface area contributed by atoms with Gasteiger partial charge in [0.05, 0.1) is 4.92 Å². The van der Waals surface area contributed by atoms with Crippen molar-refractivity contribution in [3.05, 3.63) is 81.9 Å². The first-order valence-electron chi connectivity index (χ1n) is 8.11. The molecule has 28 heavy (non-hydrogen) atoms. The van der Waals surface area contributed by atoms with Crippen LogP contribution in [-0.2, 0) is 14.3 Å². The maximum Gasteiger partial charge on any atom is 0.331 e. The summed E-state index contributed by atoms with van der Waals surface area (Å²) in [6.45, 7) is 0. The Hall–Kier alpha value is -4.01. The van der Waals surface area contributed by atoms with Gasteiger partial charge in [-0.3, -0.25) is 20.2 Å². The second kappa shape index (κ2) is 9.62. The second-order valence-corrected chi connectivity index (χ2v) is 5.48. The summed E-state index contributed by atoms with van der Waals surface area (Å²) in [6, 6.07) is 13.1. The minimum absolute atomic E-state index is 0.123. The molecule has 0 saturated heterocycles. The second-order valence-electron chi connectivity index (χ2n) is 5.48. The summed E-state index contributed by atoms with van der Waals surface area (Å²) >= 11 is 0. The largest absolute Gasteiger partial charge is 0.444 e. The van der Waals surface area contributed by atoms with E-state index < -0.39 is 28.9 Å². The van der Waals surface area contributed by atoms with Crippen LogP contribution in [0.2, 0.25) is 0 Å². The number of rotatable bonds is 6. The molecule has 2 aromatic rings. The highest BCUT2D eigenvalue weighted by Gasteiger charge is 2.25. The average molecular weight is 383 g/mol. The molecule has 0 saturated carbocycles. The van der Waals surface area contributed by atoms with Crippen LogP contribution in [0, 0.1) is 10.1 Å². The van der Waals surface area contributed by atoms with Gasteiger partial charge < -0.3 is 10.1 Å². The zero-order valence-electron chi connectivity index (χ0n) is 14.8. The van der Waals surface area contributed by atoms with Crippen molar-refractivity contribution in [3.8, 4) is 0 Å². The number of nitrogens with zero attached hydrogens (tertiary/aromatic N) is 1. The molecule has 2 N–H and O–H groups in total. The molecule has 9 nitrogen and oxygen atoms in total. The minimum atomic E-state index is -1.35. The number of urea groups is 1. The van der Waals surface area contributed by atoms with Gasteiger partial charge in [0.15, 0.2) is 0 Å². The normalized spacial score (nSPS) is 11.5. The summed E-state index contributed by atoms with van der Waals surface area (Å²) in [4.78, 5) is 46.1. The van der Waals surface area contributed by atoms with E-state index in [4.69, 9.17) is 4.74 Å². The fourth-order valence-corrected chi connectivity index (χ4v) is 2.20. The number of nitro benzene ring substituents is 1. The van der Waals surface area contributed by atoms with E-state index in [0.717, 1.165) is 6.08 Å². The number of non-ortho nitro benzene ring substituents is 1. The number of nitro groups is 1. The number of ether oxygens (including phenoxy) is 1. The van der Waals surface area contributed by atoms with Crippen molar-refractivity contribution < 1.29 is 24.0 Å². The van der Waals surface area contributed by atoms with Gasteiger partial charge in [-0.05, 0) is 11.6 Å². The molecule has 2 rings (SSSR count). The van der Waals surface area contributed by atoms with Gasteiger partial charge in [-0.1, -0.05) is 42.5 Å². The Labute approximate surface area is 160 Å². The Morgan fingerprint density at radius 2 is 1.82 bits per heavy atom. The molecule has 0 aliphatic carbocycles.